The first kappa shape index (κ1) is 8.22. The fourth-order valence-corrected chi connectivity index (χ4v) is 1.29. The molecule has 0 bridgehead atoms. The summed E-state index contributed by atoms with van der Waals surface area (Å²) in [4.78, 5) is 4.17. The molecule has 1 aliphatic rings. The van der Waals surface area contributed by atoms with Gasteiger partial charge in [0.2, 0.25) is 0 Å². The van der Waals surface area contributed by atoms with Crippen molar-refractivity contribution in [1.29, 1.82) is 10.5 Å². The molecule has 2 rings (SSSR count). The van der Waals surface area contributed by atoms with E-state index >= 15 is 0 Å². The van der Waals surface area contributed by atoms with Gasteiger partial charge in [-0.1, -0.05) is 18.2 Å². The number of hydrogen-bond acceptors (Lipinski definition) is 3. The van der Waals surface area contributed by atoms with Gasteiger partial charge < -0.3 is 0 Å². The third kappa shape index (κ3) is 1.18. The van der Waals surface area contributed by atoms with E-state index in [0.717, 1.165) is 10.6 Å². The van der Waals surface area contributed by atoms with Crippen molar-refractivity contribution >= 4 is 6.08 Å². The molecule has 3 heteroatoms. The number of benzene rings is 1. The monoisotopic (exact) mass is 179 g/mol. The summed E-state index contributed by atoms with van der Waals surface area (Å²) in [5.41, 5.74) is 0.511. The highest BCUT2D eigenvalue weighted by Gasteiger charge is 2.05. The Bertz CT molecular complexity index is 556. The van der Waals surface area contributed by atoms with Crippen molar-refractivity contribution in [1.82, 2.24) is 0 Å². The molecule has 0 saturated carbocycles. The number of nitrogens with zero attached hydrogens (tertiary/aromatic N) is 3. The Kier molecular flexibility index (Phi) is 1.86. The van der Waals surface area contributed by atoms with Crippen molar-refractivity contribution in [3.63, 3.8) is 0 Å². The van der Waals surface area contributed by atoms with Gasteiger partial charge >= 0.3 is 0 Å². The van der Waals surface area contributed by atoms with Crippen molar-refractivity contribution < 1.29 is 0 Å². The molecule has 0 unspecified atom stereocenters. The molecule has 0 atom stereocenters. The lowest BCUT2D eigenvalue weighted by atomic mass is 10.2. The molecule has 0 fully saturated rings. The molecule has 1 heterocycles. The summed E-state index contributed by atoms with van der Waals surface area (Å²) in [6.07, 6.45) is 1.75. The van der Waals surface area contributed by atoms with Crippen LogP contribution in [0.5, 0.6) is 0 Å². The van der Waals surface area contributed by atoms with Gasteiger partial charge in [0.15, 0.2) is 5.57 Å². The molecule has 1 aliphatic heterocycles. The maximum atomic E-state index is 8.66. The van der Waals surface area contributed by atoms with Crippen molar-refractivity contribution in [2.24, 2.45) is 4.99 Å². The summed E-state index contributed by atoms with van der Waals surface area (Å²) in [7, 11) is 0. The van der Waals surface area contributed by atoms with E-state index in [-0.39, 0.29) is 5.57 Å². The first-order valence-electron chi connectivity index (χ1n) is 4.05. The summed E-state index contributed by atoms with van der Waals surface area (Å²) in [6, 6.07) is 11.2. The van der Waals surface area contributed by atoms with E-state index in [4.69, 9.17) is 10.5 Å². The van der Waals surface area contributed by atoms with Crippen LogP contribution in [0.3, 0.4) is 0 Å². The standard InChI is InChI=1S/C11H5N3/c12-6-9(7-13)11-5-8-3-1-2-4-10(8)14-11/h1-5H. The normalized spacial score (nSPS) is 11.7. The van der Waals surface area contributed by atoms with Crippen LogP contribution in [0.15, 0.2) is 40.5 Å². The molecule has 0 saturated heterocycles. The molecule has 0 radical (unpaired) electrons. The summed E-state index contributed by atoms with van der Waals surface area (Å²) >= 11 is 0. The van der Waals surface area contributed by atoms with Gasteiger partial charge in [0, 0.05) is 5.22 Å². The predicted molar refractivity (Wildman–Crippen MR) is 49.9 cm³/mol. The van der Waals surface area contributed by atoms with E-state index in [9.17, 15) is 0 Å². The summed E-state index contributed by atoms with van der Waals surface area (Å²) in [6.45, 7) is 0. The minimum atomic E-state index is 0.0567. The van der Waals surface area contributed by atoms with E-state index in [1.54, 1.807) is 6.08 Å². The number of fused-ring (bicyclic) bond motifs is 1. The van der Waals surface area contributed by atoms with E-state index < -0.39 is 0 Å². The highest BCUT2D eigenvalue weighted by atomic mass is 14.8. The third-order valence-electron chi connectivity index (χ3n) is 1.95. The molecule has 14 heavy (non-hydrogen) atoms. The van der Waals surface area contributed by atoms with E-state index in [0.29, 0.717) is 5.70 Å². The number of allylic oxidation sites excluding steroid dienone is 2. The average Bonchev–Trinajstić information content (AvgIpc) is 2.63. The van der Waals surface area contributed by atoms with Crippen molar-refractivity contribution in [3.8, 4) is 12.1 Å². The van der Waals surface area contributed by atoms with Gasteiger partial charge in [0.1, 0.15) is 12.1 Å². The van der Waals surface area contributed by atoms with Gasteiger partial charge in [-0.3, -0.25) is 0 Å². The van der Waals surface area contributed by atoms with Gasteiger partial charge in [-0.25, -0.2) is 4.99 Å². The minimum Gasteiger partial charge on any atom is -0.246 e. The number of para-hydroxylation sites is 1. The summed E-state index contributed by atoms with van der Waals surface area (Å²) in [5, 5.41) is 19.1. The van der Waals surface area contributed by atoms with Crippen LogP contribution < -0.4 is 10.6 Å². The number of nitriles is 2. The van der Waals surface area contributed by atoms with Gasteiger partial charge in [-0.05, 0) is 12.1 Å². The quantitative estimate of drug-likeness (QED) is 0.541. The van der Waals surface area contributed by atoms with Crippen LogP contribution in [0.1, 0.15) is 0 Å². The molecule has 3 nitrogen and oxygen atoms in total. The Labute approximate surface area is 80.6 Å². The minimum absolute atomic E-state index is 0.0567. The molecule has 0 N–H and O–H groups in total. The van der Waals surface area contributed by atoms with Crippen LogP contribution in [0, 0.1) is 22.7 Å². The maximum Gasteiger partial charge on any atom is 0.155 e. The molecule has 64 valence electrons. The number of hydrogen-bond donors (Lipinski definition) is 0. The first-order chi connectivity index (χ1) is 6.85. The molecule has 0 aromatic heterocycles. The lowest BCUT2D eigenvalue weighted by Crippen LogP contribution is -2.19. The Balaban J connectivity index is 2.74. The van der Waals surface area contributed by atoms with Crippen LogP contribution in [-0.2, 0) is 0 Å². The van der Waals surface area contributed by atoms with Crippen LogP contribution in [0.4, 0.5) is 0 Å². The molecule has 1 aromatic carbocycles. The second-order valence-corrected chi connectivity index (χ2v) is 2.80. The van der Waals surface area contributed by atoms with E-state index in [1.165, 1.54) is 0 Å². The summed E-state index contributed by atoms with van der Waals surface area (Å²) in [5.74, 6) is 0. The van der Waals surface area contributed by atoms with E-state index in [2.05, 4.69) is 4.99 Å². The second-order valence-electron chi connectivity index (χ2n) is 2.80. The zero-order valence-electron chi connectivity index (χ0n) is 7.23. The van der Waals surface area contributed by atoms with Crippen molar-refractivity contribution in [2.45, 2.75) is 0 Å². The molecular formula is C11H5N3. The SMILES string of the molecule is N#CC(C#N)=C1C=c2ccccc2=N1. The third-order valence-corrected chi connectivity index (χ3v) is 1.95. The molecule has 1 aromatic rings. The molecule has 0 aliphatic carbocycles. The zero-order chi connectivity index (χ0) is 9.97. The van der Waals surface area contributed by atoms with Crippen LogP contribution in [-0.4, -0.2) is 0 Å². The van der Waals surface area contributed by atoms with Crippen molar-refractivity contribution in [2.75, 3.05) is 0 Å². The number of rotatable bonds is 0. The Hall–Kier alpha value is -2.39. The Morgan fingerprint density at radius 2 is 1.86 bits per heavy atom. The second kappa shape index (κ2) is 3.16. The first-order valence-corrected chi connectivity index (χ1v) is 4.05. The van der Waals surface area contributed by atoms with E-state index in [1.807, 2.05) is 36.4 Å². The fraction of sp³-hybridized carbons (Fsp3) is 0. The molecule has 0 spiro atoms. The van der Waals surface area contributed by atoms with Gasteiger partial charge in [-0.15, -0.1) is 0 Å². The van der Waals surface area contributed by atoms with Gasteiger partial charge in [0.25, 0.3) is 0 Å². The molecular weight excluding hydrogens is 174 g/mol. The topological polar surface area (TPSA) is 59.9 Å². The lowest BCUT2D eigenvalue weighted by molar-refractivity contribution is 1.30. The van der Waals surface area contributed by atoms with Crippen LogP contribution in [0.2, 0.25) is 0 Å². The highest BCUT2D eigenvalue weighted by molar-refractivity contribution is 5.58. The summed E-state index contributed by atoms with van der Waals surface area (Å²) < 4.78 is 0. The molecule has 0 amide bonds. The van der Waals surface area contributed by atoms with Crippen molar-refractivity contribution in [3.05, 3.63) is 46.1 Å². The predicted octanol–water partition coefficient (Wildman–Crippen LogP) is 0.402. The zero-order valence-corrected chi connectivity index (χ0v) is 7.23. The lowest BCUT2D eigenvalue weighted by Gasteiger charge is -1.84. The Morgan fingerprint density at radius 1 is 1.14 bits per heavy atom. The highest BCUT2D eigenvalue weighted by Crippen LogP contribution is 2.07. The smallest absolute Gasteiger partial charge is 0.155 e. The largest absolute Gasteiger partial charge is 0.246 e. The van der Waals surface area contributed by atoms with Crippen LogP contribution in [0.25, 0.3) is 6.08 Å². The average molecular weight is 179 g/mol. The Morgan fingerprint density at radius 3 is 2.50 bits per heavy atom. The van der Waals surface area contributed by atoms with Gasteiger partial charge in [-0.2, -0.15) is 10.5 Å². The maximum absolute atomic E-state index is 8.66. The van der Waals surface area contributed by atoms with Gasteiger partial charge in [0.05, 0.1) is 11.1 Å². The van der Waals surface area contributed by atoms with Crippen LogP contribution >= 0.6 is 0 Å². The fourth-order valence-electron chi connectivity index (χ4n) is 1.29.